The minimum absolute atomic E-state index is 0.0769. The fourth-order valence-corrected chi connectivity index (χ4v) is 3.69. The van der Waals surface area contributed by atoms with E-state index in [0.717, 1.165) is 27.7 Å². The normalized spacial score (nSPS) is 10.9. The van der Waals surface area contributed by atoms with Crippen LogP contribution < -0.4 is 5.32 Å². The van der Waals surface area contributed by atoms with Crippen molar-refractivity contribution in [1.82, 2.24) is 15.2 Å². The number of aryl methyl sites for hydroxylation is 2. The lowest BCUT2D eigenvalue weighted by atomic mass is 10.1. The van der Waals surface area contributed by atoms with E-state index in [4.69, 9.17) is 4.42 Å². The number of furan rings is 1. The average molecular weight is 415 g/mol. The predicted octanol–water partition coefficient (Wildman–Crippen LogP) is 4.58. The van der Waals surface area contributed by atoms with Gasteiger partial charge in [0.05, 0.1) is 12.8 Å². The van der Waals surface area contributed by atoms with E-state index in [2.05, 4.69) is 17.2 Å². The Kier molecular flexibility index (Phi) is 5.62. The molecule has 4 aromatic rings. The zero-order valence-corrected chi connectivity index (χ0v) is 17.9. The molecule has 0 atom stereocenters. The van der Waals surface area contributed by atoms with E-state index in [0.29, 0.717) is 30.0 Å². The number of aromatic nitrogens is 1. The van der Waals surface area contributed by atoms with Crippen molar-refractivity contribution in [3.05, 3.63) is 94.6 Å². The Morgan fingerprint density at radius 1 is 1.00 bits per heavy atom. The molecule has 6 nitrogen and oxygen atoms in total. The molecule has 4 rings (SSSR count). The molecule has 2 N–H and O–H groups in total. The molecular formula is C25H25N3O3. The van der Waals surface area contributed by atoms with Crippen molar-refractivity contribution in [1.29, 1.82) is 0 Å². The summed E-state index contributed by atoms with van der Waals surface area (Å²) >= 11 is 0. The van der Waals surface area contributed by atoms with Gasteiger partial charge in [-0.3, -0.25) is 9.59 Å². The van der Waals surface area contributed by atoms with Crippen molar-refractivity contribution in [2.45, 2.75) is 26.9 Å². The quantitative estimate of drug-likeness (QED) is 0.484. The maximum atomic E-state index is 13.5. The zero-order valence-electron chi connectivity index (χ0n) is 17.9. The molecule has 0 saturated carbocycles. The molecule has 0 spiro atoms. The molecule has 0 radical (unpaired) electrons. The summed E-state index contributed by atoms with van der Waals surface area (Å²) in [6, 6.07) is 16.7. The van der Waals surface area contributed by atoms with Gasteiger partial charge in [-0.25, -0.2) is 0 Å². The van der Waals surface area contributed by atoms with Gasteiger partial charge in [0.15, 0.2) is 0 Å². The van der Waals surface area contributed by atoms with Crippen molar-refractivity contribution in [3.8, 4) is 0 Å². The lowest BCUT2D eigenvalue weighted by Gasteiger charge is -2.22. The van der Waals surface area contributed by atoms with Gasteiger partial charge < -0.3 is 19.6 Å². The lowest BCUT2D eigenvalue weighted by molar-refractivity contribution is 0.0717. The largest absolute Gasteiger partial charge is 0.467 e. The van der Waals surface area contributed by atoms with E-state index >= 15 is 0 Å². The Balaban J connectivity index is 1.63. The second kappa shape index (κ2) is 8.52. The summed E-state index contributed by atoms with van der Waals surface area (Å²) in [4.78, 5) is 30.4. The van der Waals surface area contributed by atoms with E-state index < -0.39 is 0 Å². The van der Waals surface area contributed by atoms with Gasteiger partial charge >= 0.3 is 0 Å². The number of carbonyl (C=O) groups excluding carboxylic acids is 2. The Hall–Kier alpha value is -3.80. The molecule has 0 saturated heterocycles. The first-order chi connectivity index (χ1) is 15.0. The molecule has 0 aliphatic carbocycles. The van der Waals surface area contributed by atoms with Crippen LogP contribution in [-0.4, -0.2) is 28.7 Å². The fraction of sp³-hybridized carbons (Fsp3) is 0.200. The molecule has 0 unspecified atom stereocenters. The minimum Gasteiger partial charge on any atom is -0.467 e. The number of nitrogens with one attached hydrogen (secondary N) is 2. The van der Waals surface area contributed by atoms with Gasteiger partial charge in [0.1, 0.15) is 5.76 Å². The van der Waals surface area contributed by atoms with Crippen LogP contribution >= 0.6 is 0 Å². The molecule has 158 valence electrons. The van der Waals surface area contributed by atoms with Crippen LogP contribution in [0.15, 0.2) is 65.3 Å². The Morgan fingerprint density at radius 2 is 1.74 bits per heavy atom. The SMILES string of the molecule is CNC(=O)c1ccc(CN(Cc2ccco2)C(=O)c2ccc3[nH]c(C)c(C)c3c2)cc1. The number of benzene rings is 2. The summed E-state index contributed by atoms with van der Waals surface area (Å²) in [7, 11) is 1.60. The van der Waals surface area contributed by atoms with Gasteiger partial charge in [-0.1, -0.05) is 12.1 Å². The highest BCUT2D eigenvalue weighted by Crippen LogP contribution is 2.24. The van der Waals surface area contributed by atoms with Gasteiger partial charge in [-0.15, -0.1) is 0 Å². The Labute approximate surface area is 180 Å². The number of fused-ring (bicyclic) bond motifs is 1. The van der Waals surface area contributed by atoms with Crippen LogP contribution in [0.2, 0.25) is 0 Å². The second-order valence-corrected chi connectivity index (χ2v) is 7.65. The number of H-pyrrole nitrogens is 1. The number of carbonyl (C=O) groups is 2. The van der Waals surface area contributed by atoms with Gasteiger partial charge in [0.2, 0.25) is 0 Å². The number of amides is 2. The number of hydrogen-bond acceptors (Lipinski definition) is 3. The summed E-state index contributed by atoms with van der Waals surface area (Å²) in [5, 5.41) is 3.67. The molecule has 0 fully saturated rings. The van der Waals surface area contributed by atoms with E-state index in [1.165, 1.54) is 0 Å². The van der Waals surface area contributed by atoms with E-state index in [-0.39, 0.29) is 11.8 Å². The average Bonchev–Trinajstić information content (AvgIpc) is 3.40. The summed E-state index contributed by atoms with van der Waals surface area (Å²) in [6.07, 6.45) is 1.61. The topological polar surface area (TPSA) is 78.3 Å². The molecule has 0 aliphatic rings. The molecule has 0 bridgehead atoms. The molecule has 6 heteroatoms. The molecule has 2 aromatic carbocycles. The summed E-state index contributed by atoms with van der Waals surface area (Å²) in [5.41, 5.74) is 5.41. The van der Waals surface area contributed by atoms with Crippen LogP contribution in [0.25, 0.3) is 10.9 Å². The highest BCUT2D eigenvalue weighted by Gasteiger charge is 2.19. The van der Waals surface area contributed by atoms with Crippen LogP contribution in [0.4, 0.5) is 0 Å². The number of hydrogen-bond donors (Lipinski definition) is 2. The second-order valence-electron chi connectivity index (χ2n) is 7.65. The smallest absolute Gasteiger partial charge is 0.254 e. The van der Waals surface area contributed by atoms with E-state index in [1.54, 1.807) is 30.3 Å². The molecule has 0 aliphatic heterocycles. The van der Waals surface area contributed by atoms with Gasteiger partial charge in [0.25, 0.3) is 11.8 Å². The van der Waals surface area contributed by atoms with Crippen LogP contribution in [0.5, 0.6) is 0 Å². The first kappa shape index (κ1) is 20.5. The minimum atomic E-state index is -0.138. The lowest BCUT2D eigenvalue weighted by Crippen LogP contribution is -2.30. The van der Waals surface area contributed by atoms with E-state index in [1.807, 2.05) is 49.4 Å². The maximum absolute atomic E-state index is 13.5. The predicted molar refractivity (Wildman–Crippen MR) is 120 cm³/mol. The third-order valence-electron chi connectivity index (χ3n) is 5.59. The van der Waals surface area contributed by atoms with E-state index in [9.17, 15) is 9.59 Å². The van der Waals surface area contributed by atoms with Crippen molar-refractivity contribution in [2.24, 2.45) is 0 Å². The van der Waals surface area contributed by atoms with Crippen molar-refractivity contribution >= 4 is 22.7 Å². The maximum Gasteiger partial charge on any atom is 0.254 e. The van der Waals surface area contributed by atoms with Crippen molar-refractivity contribution < 1.29 is 14.0 Å². The zero-order chi connectivity index (χ0) is 22.0. The number of nitrogens with zero attached hydrogens (tertiary/aromatic N) is 1. The molecule has 2 amide bonds. The summed E-state index contributed by atoms with van der Waals surface area (Å²) in [5.74, 6) is 0.498. The van der Waals surface area contributed by atoms with Crippen LogP contribution in [-0.2, 0) is 13.1 Å². The molecule has 2 aromatic heterocycles. The number of aromatic amines is 1. The fourth-order valence-electron chi connectivity index (χ4n) is 3.69. The first-order valence-electron chi connectivity index (χ1n) is 10.2. The highest BCUT2D eigenvalue weighted by molar-refractivity contribution is 5.99. The van der Waals surface area contributed by atoms with Gasteiger partial charge in [-0.2, -0.15) is 0 Å². The number of rotatable bonds is 6. The highest BCUT2D eigenvalue weighted by atomic mass is 16.3. The van der Waals surface area contributed by atoms with Crippen LogP contribution in [0, 0.1) is 13.8 Å². The Bertz CT molecular complexity index is 1220. The third-order valence-corrected chi connectivity index (χ3v) is 5.59. The standard InChI is InChI=1S/C25H25N3O3/c1-16-17(2)27-23-11-10-20(13-22(16)23)25(30)28(15-21-5-4-12-31-21)14-18-6-8-19(9-7-18)24(29)26-3/h4-13,27H,14-15H2,1-3H3,(H,26,29). The molecule has 31 heavy (non-hydrogen) atoms. The Morgan fingerprint density at radius 3 is 2.42 bits per heavy atom. The molecular weight excluding hydrogens is 390 g/mol. The van der Waals surface area contributed by atoms with Crippen LogP contribution in [0.3, 0.4) is 0 Å². The summed E-state index contributed by atoms with van der Waals surface area (Å²) < 4.78 is 5.49. The van der Waals surface area contributed by atoms with Crippen molar-refractivity contribution in [3.63, 3.8) is 0 Å². The van der Waals surface area contributed by atoms with Gasteiger partial charge in [0, 0.05) is 41.3 Å². The summed E-state index contributed by atoms with van der Waals surface area (Å²) in [6.45, 7) is 4.84. The van der Waals surface area contributed by atoms with Crippen molar-refractivity contribution in [2.75, 3.05) is 7.05 Å². The first-order valence-corrected chi connectivity index (χ1v) is 10.2. The van der Waals surface area contributed by atoms with Crippen LogP contribution in [0.1, 0.15) is 43.3 Å². The monoisotopic (exact) mass is 415 g/mol. The third kappa shape index (κ3) is 4.23. The van der Waals surface area contributed by atoms with Gasteiger partial charge in [-0.05, 0) is 67.4 Å². The molecule has 2 heterocycles.